The van der Waals surface area contributed by atoms with Crippen molar-refractivity contribution >= 4 is 15.9 Å². The number of hydrogen-bond donors (Lipinski definition) is 0. The molecule has 2 heterocycles. The fourth-order valence-electron chi connectivity index (χ4n) is 2.66. The van der Waals surface area contributed by atoms with Crippen LogP contribution in [0.15, 0.2) is 41.0 Å². The van der Waals surface area contributed by atoms with Crippen LogP contribution in [-0.2, 0) is 22.3 Å². The molecule has 1 aliphatic heterocycles. The Morgan fingerprint density at radius 1 is 1.12 bits per heavy atom. The predicted molar refractivity (Wildman–Crippen MR) is 90.8 cm³/mol. The number of aromatic nitrogens is 1. The van der Waals surface area contributed by atoms with E-state index in [9.17, 15) is 13.2 Å². The lowest BCUT2D eigenvalue weighted by atomic mass is 10.0. The van der Waals surface area contributed by atoms with Crippen LogP contribution in [-0.4, -0.2) is 17.9 Å². The van der Waals surface area contributed by atoms with Crippen molar-refractivity contribution in [2.24, 2.45) is 0 Å². The quantitative estimate of drug-likeness (QED) is 0.611. The third-order valence-corrected chi connectivity index (χ3v) is 4.35. The van der Waals surface area contributed by atoms with Crippen LogP contribution in [0.25, 0.3) is 11.1 Å². The lowest BCUT2D eigenvalue weighted by molar-refractivity contribution is -0.169. The normalized spacial score (nSPS) is 18.3. The Labute approximate surface area is 152 Å². The van der Waals surface area contributed by atoms with E-state index in [-0.39, 0.29) is 12.9 Å². The van der Waals surface area contributed by atoms with Gasteiger partial charge in [0.05, 0.1) is 17.9 Å². The molecule has 0 amide bonds. The molecule has 3 nitrogen and oxygen atoms in total. The van der Waals surface area contributed by atoms with Gasteiger partial charge in [0.2, 0.25) is 0 Å². The molecule has 0 spiro atoms. The largest absolute Gasteiger partial charge is 0.416 e. The maximum atomic E-state index is 12.7. The summed E-state index contributed by atoms with van der Waals surface area (Å²) in [6.07, 6.45) is -1.57. The van der Waals surface area contributed by atoms with Crippen LogP contribution in [0.5, 0.6) is 0 Å². The van der Waals surface area contributed by atoms with Crippen LogP contribution in [0.2, 0.25) is 0 Å². The number of hydrogen-bond acceptors (Lipinski definition) is 3. The molecule has 1 aromatic heterocycles. The van der Waals surface area contributed by atoms with E-state index in [2.05, 4.69) is 20.9 Å². The monoisotopic (exact) mass is 415 g/mol. The van der Waals surface area contributed by atoms with Gasteiger partial charge in [-0.05, 0) is 70.6 Å². The van der Waals surface area contributed by atoms with E-state index in [1.807, 2.05) is 6.07 Å². The van der Waals surface area contributed by atoms with Gasteiger partial charge in [-0.3, -0.25) is 0 Å². The summed E-state index contributed by atoms with van der Waals surface area (Å²) in [7, 11) is 0. The molecule has 2 aromatic rings. The van der Waals surface area contributed by atoms with Crippen LogP contribution < -0.4 is 0 Å². The maximum absolute atomic E-state index is 12.7. The van der Waals surface area contributed by atoms with Crippen molar-refractivity contribution in [3.8, 4) is 11.1 Å². The van der Waals surface area contributed by atoms with Crippen molar-refractivity contribution in [3.05, 3.63) is 52.3 Å². The van der Waals surface area contributed by atoms with Gasteiger partial charge in [0.1, 0.15) is 4.60 Å². The molecule has 1 atom stereocenters. The molecule has 134 valence electrons. The molecule has 0 N–H and O–H groups in total. The third kappa shape index (κ3) is 5.03. The van der Waals surface area contributed by atoms with Crippen LogP contribution in [0.3, 0.4) is 0 Å². The Balaban J connectivity index is 1.74. The van der Waals surface area contributed by atoms with Crippen molar-refractivity contribution in [3.63, 3.8) is 0 Å². The minimum absolute atomic E-state index is 0.218. The lowest BCUT2D eigenvalue weighted by Gasteiger charge is -2.22. The van der Waals surface area contributed by atoms with Gasteiger partial charge in [0.25, 0.3) is 0 Å². The number of halogens is 4. The average molecular weight is 416 g/mol. The molecule has 7 heteroatoms. The molecule has 25 heavy (non-hydrogen) atoms. The molecule has 0 radical (unpaired) electrons. The standard InChI is InChI=1S/C18H17BrF3NO2/c19-16-10-13(12-4-6-14(7-5-12)18(20,21)22)9-15(23-16)11-25-17-3-1-2-8-24-17/h4-7,9-10,17H,1-3,8,11H2. The number of ether oxygens (including phenoxy) is 2. The fraction of sp³-hybridized carbons (Fsp3) is 0.389. The van der Waals surface area contributed by atoms with E-state index in [0.717, 1.165) is 37.0 Å². The topological polar surface area (TPSA) is 31.4 Å². The Morgan fingerprint density at radius 3 is 2.52 bits per heavy atom. The molecule has 1 aromatic carbocycles. The van der Waals surface area contributed by atoms with Crippen LogP contribution in [0, 0.1) is 0 Å². The number of benzene rings is 1. The van der Waals surface area contributed by atoms with E-state index in [1.54, 1.807) is 6.07 Å². The van der Waals surface area contributed by atoms with E-state index in [4.69, 9.17) is 9.47 Å². The molecular weight excluding hydrogens is 399 g/mol. The van der Waals surface area contributed by atoms with Gasteiger partial charge in [0, 0.05) is 6.61 Å². The fourth-order valence-corrected chi connectivity index (χ4v) is 3.14. The van der Waals surface area contributed by atoms with Gasteiger partial charge in [-0.15, -0.1) is 0 Å². The smallest absolute Gasteiger partial charge is 0.353 e. The van der Waals surface area contributed by atoms with Gasteiger partial charge in [-0.25, -0.2) is 4.98 Å². The summed E-state index contributed by atoms with van der Waals surface area (Å²) in [5, 5.41) is 0. The summed E-state index contributed by atoms with van der Waals surface area (Å²) >= 11 is 3.34. The second-order valence-corrected chi connectivity index (χ2v) is 6.66. The minimum Gasteiger partial charge on any atom is -0.353 e. The van der Waals surface area contributed by atoms with Gasteiger partial charge >= 0.3 is 6.18 Å². The number of pyridine rings is 1. The lowest BCUT2D eigenvalue weighted by Crippen LogP contribution is -2.22. The van der Waals surface area contributed by atoms with Crippen molar-refractivity contribution in [1.82, 2.24) is 4.98 Å². The highest BCUT2D eigenvalue weighted by Crippen LogP contribution is 2.31. The van der Waals surface area contributed by atoms with Gasteiger partial charge in [-0.2, -0.15) is 13.2 Å². The zero-order valence-corrected chi connectivity index (χ0v) is 14.9. The van der Waals surface area contributed by atoms with Gasteiger partial charge in [0.15, 0.2) is 6.29 Å². The number of alkyl halides is 3. The van der Waals surface area contributed by atoms with Crippen LogP contribution >= 0.6 is 15.9 Å². The molecule has 0 bridgehead atoms. The summed E-state index contributed by atoms with van der Waals surface area (Å²) in [5.41, 5.74) is 1.49. The first-order chi connectivity index (χ1) is 11.9. The highest BCUT2D eigenvalue weighted by Gasteiger charge is 2.30. The summed E-state index contributed by atoms with van der Waals surface area (Å²) in [6.45, 7) is 0.991. The Hall–Kier alpha value is -1.44. The summed E-state index contributed by atoms with van der Waals surface area (Å²) in [6, 6.07) is 8.66. The zero-order chi connectivity index (χ0) is 17.9. The van der Waals surface area contributed by atoms with Crippen molar-refractivity contribution < 1.29 is 22.6 Å². The van der Waals surface area contributed by atoms with E-state index in [0.29, 0.717) is 22.5 Å². The van der Waals surface area contributed by atoms with Gasteiger partial charge < -0.3 is 9.47 Å². The second-order valence-electron chi connectivity index (χ2n) is 5.85. The van der Waals surface area contributed by atoms with E-state index < -0.39 is 11.7 Å². The first-order valence-corrected chi connectivity index (χ1v) is 8.78. The first-order valence-electron chi connectivity index (χ1n) is 7.99. The van der Waals surface area contributed by atoms with E-state index in [1.165, 1.54) is 12.1 Å². The molecule has 3 rings (SSSR count). The number of rotatable bonds is 4. The predicted octanol–water partition coefficient (Wildman–Crippen LogP) is 5.57. The van der Waals surface area contributed by atoms with Crippen LogP contribution in [0.1, 0.15) is 30.5 Å². The minimum atomic E-state index is -4.34. The maximum Gasteiger partial charge on any atom is 0.416 e. The summed E-state index contributed by atoms with van der Waals surface area (Å²) in [5.74, 6) is 0. The van der Waals surface area contributed by atoms with Crippen molar-refractivity contribution in [2.45, 2.75) is 38.3 Å². The van der Waals surface area contributed by atoms with Gasteiger partial charge in [-0.1, -0.05) is 12.1 Å². The van der Waals surface area contributed by atoms with Crippen molar-refractivity contribution in [1.29, 1.82) is 0 Å². The first kappa shape index (κ1) is 18.4. The van der Waals surface area contributed by atoms with Crippen LogP contribution in [0.4, 0.5) is 13.2 Å². The molecule has 1 aliphatic rings. The average Bonchev–Trinajstić information content (AvgIpc) is 2.60. The Bertz CT molecular complexity index is 713. The summed E-state index contributed by atoms with van der Waals surface area (Å²) in [4.78, 5) is 4.36. The molecule has 1 saturated heterocycles. The SMILES string of the molecule is FC(F)(F)c1ccc(-c2cc(Br)nc(COC3CCCCO3)c2)cc1. The van der Waals surface area contributed by atoms with Crippen molar-refractivity contribution in [2.75, 3.05) is 6.61 Å². The molecule has 0 saturated carbocycles. The molecule has 1 fully saturated rings. The molecule has 0 aliphatic carbocycles. The zero-order valence-electron chi connectivity index (χ0n) is 13.4. The molecular formula is C18H17BrF3NO2. The third-order valence-electron chi connectivity index (χ3n) is 3.95. The molecule has 1 unspecified atom stereocenters. The van der Waals surface area contributed by atoms with E-state index >= 15 is 0 Å². The highest BCUT2D eigenvalue weighted by molar-refractivity contribution is 9.10. The highest BCUT2D eigenvalue weighted by atomic mass is 79.9. The number of nitrogens with zero attached hydrogens (tertiary/aromatic N) is 1. The summed E-state index contributed by atoms with van der Waals surface area (Å²) < 4.78 is 49.9. The Morgan fingerprint density at radius 2 is 1.88 bits per heavy atom. The Kier molecular flexibility index (Phi) is 5.76. The second kappa shape index (κ2) is 7.85.